The molecule has 1 aromatic carbocycles. The first kappa shape index (κ1) is 11.4. The average molecular weight is 276 g/mol. The van der Waals surface area contributed by atoms with Crippen molar-refractivity contribution in [1.29, 1.82) is 0 Å². The van der Waals surface area contributed by atoms with Crippen molar-refractivity contribution in [2.24, 2.45) is 0 Å². The second kappa shape index (κ2) is 4.52. The fraction of sp³-hybridized carbons (Fsp3) is 0. The first-order chi connectivity index (χ1) is 8.74. The van der Waals surface area contributed by atoms with Crippen LogP contribution in [0.4, 0.5) is 5.69 Å². The summed E-state index contributed by atoms with van der Waals surface area (Å²) < 4.78 is 5.84. The van der Waals surface area contributed by atoms with Gasteiger partial charge >= 0.3 is 0 Å². The lowest BCUT2D eigenvalue weighted by atomic mass is 10.2. The highest BCUT2D eigenvalue weighted by Gasteiger charge is 2.12. The Balaban J connectivity index is 1.97. The highest BCUT2D eigenvalue weighted by molar-refractivity contribution is 7.13. The molecule has 1 aliphatic heterocycles. The van der Waals surface area contributed by atoms with E-state index < -0.39 is 0 Å². The molecule has 2 nitrogen and oxygen atoms in total. The number of fused-ring (bicyclic) bond motifs is 1. The molecule has 2 N–H and O–H groups in total. The molecule has 1 aliphatic carbocycles. The van der Waals surface area contributed by atoms with E-state index in [1.54, 1.807) is 29.5 Å². The maximum atomic E-state index is 6.10. The summed E-state index contributed by atoms with van der Waals surface area (Å²) in [6, 6.07) is 13.3. The van der Waals surface area contributed by atoms with Crippen LogP contribution in [0.25, 0.3) is 10.4 Å². The summed E-state index contributed by atoms with van der Waals surface area (Å²) in [6.07, 6.45) is 0. The van der Waals surface area contributed by atoms with Crippen molar-refractivity contribution in [3.05, 3.63) is 52.9 Å². The number of nitrogen functional groups attached to an aromatic ring is 1. The second-order valence-corrected chi connectivity index (χ2v) is 5.24. The summed E-state index contributed by atoms with van der Waals surface area (Å²) in [4.78, 5) is 1.19. The Hall–Kier alpha value is -1.71. The van der Waals surface area contributed by atoms with Gasteiger partial charge in [-0.3, -0.25) is 0 Å². The van der Waals surface area contributed by atoms with Gasteiger partial charge in [-0.15, -0.1) is 11.3 Å². The van der Waals surface area contributed by atoms with Gasteiger partial charge in [-0.1, -0.05) is 17.7 Å². The summed E-state index contributed by atoms with van der Waals surface area (Å²) in [5, 5.41) is 2.56. The normalized spacial score (nSPS) is 10.7. The zero-order chi connectivity index (χ0) is 12.5. The number of benzene rings is 1. The number of nitrogens with two attached hydrogens (primary N) is 1. The van der Waals surface area contributed by atoms with Crippen molar-refractivity contribution in [1.82, 2.24) is 0 Å². The van der Waals surface area contributed by atoms with Crippen molar-refractivity contribution < 1.29 is 4.74 Å². The third kappa shape index (κ3) is 2.03. The lowest BCUT2D eigenvalue weighted by Gasteiger charge is -2.08. The molecular weight excluding hydrogens is 266 g/mol. The molecule has 0 fully saturated rings. The number of hydrogen-bond donors (Lipinski definition) is 1. The molecule has 1 aromatic rings. The van der Waals surface area contributed by atoms with E-state index in [0.29, 0.717) is 16.5 Å². The lowest BCUT2D eigenvalue weighted by molar-refractivity contribution is 0.486. The Morgan fingerprint density at radius 1 is 1.06 bits per heavy atom. The summed E-state index contributed by atoms with van der Waals surface area (Å²) in [7, 11) is 0. The zero-order valence-corrected chi connectivity index (χ0v) is 11.0. The third-order valence-electron chi connectivity index (χ3n) is 2.63. The molecule has 0 aromatic heterocycles. The van der Waals surface area contributed by atoms with Gasteiger partial charge in [-0.2, -0.15) is 0 Å². The van der Waals surface area contributed by atoms with Gasteiger partial charge in [0, 0.05) is 16.1 Å². The molecule has 4 heteroatoms. The molecule has 0 unspecified atom stereocenters. The smallest absolute Gasteiger partial charge is 0.146 e. The maximum Gasteiger partial charge on any atom is 0.146 e. The van der Waals surface area contributed by atoms with Crippen molar-refractivity contribution in [2.75, 3.05) is 5.73 Å². The van der Waals surface area contributed by atoms with Crippen molar-refractivity contribution >= 4 is 28.6 Å². The summed E-state index contributed by atoms with van der Waals surface area (Å²) in [5.74, 6) is 1.43. The predicted octanol–water partition coefficient (Wildman–Crippen LogP) is 4.88. The monoisotopic (exact) mass is 275 g/mol. The Bertz CT molecular complexity index is 665. The molecule has 0 bridgehead atoms. The molecule has 90 valence electrons. The van der Waals surface area contributed by atoms with E-state index in [4.69, 9.17) is 22.1 Å². The minimum atomic E-state index is 0.518. The number of hydrogen-bond acceptors (Lipinski definition) is 3. The number of rotatable bonds is 2. The van der Waals surface area contributed by atoms with Gasteiger partial charge in [0.15, 0.2) is 0 Å². The maximum absolute atomic E-state index is 6.10. The van der Waals surface area contributed by atoms with Gasteiger partial charge in [-0.05, 0) is 41.8 Å². The Morgan fingerprint density at radius 2 is 1.89 bits per heavy atom. The number of ether oxygens (including phenoxy) is 1. The SMILES string of the molecule is Nc1ccc(Oc2ccc3scccc2-3)c(Cl)c1. The molecule has 1 heterocycles. The first-order valence-electron chi connectivity index (χ1n) is 5.43. The average Bonchev–Trinajstić information content (AvgIpc) is 2.76. The van der Waals surface area contributed by atoms with Crippen LogP contribution < -0.4 is 10.5 Å². The van der Waals surface area contributed by atoms with E-state index in [2.05, 4.69) is 0 Å². The zero-order valence-electron chi connectivity index (χ0n) is 9.39. The van der Waals surface area contributed by atoms with Gasteiger partial charge in [0.25, 0.3) is 0 Å². The van der Waals surface area contributed by atoms with Gasteiger partial charge in [-0.25, -0.2) is 0 Å². The largest absolute Gasteiger partial charge is 0.455 e. The van der Waals surface area contributed by atoms with Gasteiger partial charge in [0.05, 0.1) is 5.02 Å². The van der Waals surface area contributed by atoms with Crippen LogP contribution in [0.1, 0.15) is 0 Å². The van der Waals surface area contributed by atoms with Gasteiger partial charge in [0.1, 0.15) is 11.5 Å². The van der Waals surface area contributed by atoms with E-state index in [1.807, 2.05) is 29.6 Å². The molecule has 0 saturated heterocycles. The quantitative estimate of drug-likeness (QED) is 0.677. The molecule has 18 heavy (non-hydrogen) atoms. The van der Waals surface area contributed by atoms with Crippen molar-refractivity contribution in [3.63, 3.8) is 0 Å². The highest BCUT2D eigenvalue weighted by Crippen LogP contribution is 2.40. The topological polar surface area (TPSA) is 35.2 Å². The third-order valence-corrected chi connectivity index (χ3v) is 3.83. The highest BCUT2D eigenvalue weighted by atomic mass is 35.5. The van der Waals surface area contributed by atoms with Crippen LogP contribution in [0, 0.1) is 0 Å². The van der Waals surface area contributed by atoms with Gasteiger partial charge in [0.2, 0.25) is 0 Å². The van der Waals surface area contributed by atoms with E-state index >= 15 is 0 Å². The van der Waals surface area contributed by atoms with Crippen LogP contribution in [0.3, 0.4) is 0 Å². The summed E-state index contributed by atoms with van der Waals surface area (Å²) >= 11 is 7.78. The van der Waals surface area contributed by atoms with Crippen LogP contribution in [0.2, 0.25) is 5.02 Å². The van der Waals surface area contributed by atoms with E-state index in [0.717, 1.165) is 11.3 Å². The van der Waals surface area contributed by atoms with Crippen LogP contribution in [-0.4, -0.2) is 0 Å². The van der Waals surface area contributed by atoms with Crippen LogP contribution >= 0.6 is 22.9 Å². The Labute approximate surface area is 114 Å². The minimum absolute atomic E-state index is 0.518. The molecule has 0 saturated carbocycles. The molecule has 0 spiro atoms. The van der Waals surface area contributed by atoms with Crippen molar-refractivity contribution in [2.45, 2.75) is 0 Å². The first-order valence-corrected chi connectivity index (χ1v) is 6.69. The van der Waals surface area contributed by atoms with Crippen LogP contribution in [0.5, 0.6) is 11.5 Å². The number of anilines is 1. The van der Waals surface area contributed by atoms with E-state index in [1.165, 1.54) is 4.88 Å². The fourth-order valence-electron chi connectivity index (χ4n) is 1.77. The fourth-order valence-corrected chi connectivity index (χ4v) is 2.75. The number of halogens is 1. The summed E-state index contributed by atoms with van der Waals surface area (Å²) in [6.45, 7) is 0. The molecule has 3 rings (SSSR count). The summed E-state index contributed by atoms with van der Waals surface area (Å²) in [5.41, 5.74) is 7.37. The molecule has 0 radical (unpaired) electrons. The predicted molar refractivity (Wildman–Crippen MR) is 76.9 cm³/mol. The Morgan fingerprint density at radius 3 is 2.72 bits per heavy atom. The van der Waals surface area contributed by atoms with Crippen LogP contribution in [-0.2, 0) is 0 Å². The standard InChI is InChI=1S/C14H10ClNOS/c15-11-8-9(16)3-4-13(11)17-12-5-6-14-10(12)2-1-7-18-14/h1-8H,16H2. The Kier molecular flexibility index (Phi) is 2.86. The molecular formula is C14H10ClNOS. The second-order valence-electron chi connectivity index (χ2n) is 3.88. The molecule has 2 aliphatic rings. The van der Waals surface area contributed by atoms with Crippen molar-refractivity contribution in [3.8, 4) is 21.9 Å². The van der Waals surface area contributed by atoms with E-state index in [9.17, 15) is 0 Å². The van der Waals surface area contributed by atoms with Gasteiger partial charge < -0.3 is 10.5 Å². The minimum Gasteiger partial charge on any atom is -0.455 e. The van der Waals surface area contributed by atoms with Crippen LogP contribution in [0.15, 0.2) is 47.8 Å². The lowest BCUT2D eigenvalue weighted by Crippen LogP contribution is -1.88. The van der Waals surface area contributed by atoms with E-state index in [-0.39, 0.29) is 0 Å². The molecule has 0 amide bonds. The molecule has 0 atom stereocenters.